The molecule has 0 aliphatic heterocycles. The second-order valence-electron chi connectivity index (χ2n) is 5.46. The Balaban J connectivity index is 2.06. The van der Waals surface area contributed by atoms with Crippen LogP contribution in [0.5, 0.6) is 0 Å². The van der Waals surface area contributed by atoms with Crippen LogP contribution in [0.1, 0.15) is 32.6 Å². The predicted molar refractivity (Wildman–Crippen MR) is 77.4 cm³/mol. The van der Waals surface area contributed by atoms with Gasteiger partial charge in [-0.3, -0.25) is 4.79 Å². The zero-order chi connectivity index (χ0) is 13.8. The van der Waals surface area contributed by atoms with Gasteiger partial charge in [0.05, 0.1) is 18.4 Å². The summed E-state index contributed by atoms with van der Waals surface area (Å²) in [5, 5.41) is 4.24. The van der Waals surface area contributed by atoms with Crippen molar-refractivity contribution in [2.75, 3.05) is 18.5 Å². The fraction of sp³-hybridized carbons (Fsp3) is 0.714. The van der Waals surface area contributed by atoms with Crippen LogP contribution in [-0.2, 0) is 6.54 Å². The number of nitrogens with two attached hydrogens (primary N) is 1. The first-order chi connectivity index (χ1) is 9.11. The third-order valence-corrected chi connectivity index (χ3v) is 4.16. The van der Waals surface area contributed by atoms with Crippen molar-refractivity contribution in [1.82, 2.24) is 9.78 Å². The summed E-state index contributed by atoms with van der Waals surface area (Å²) in [7, 11) is 1.95. The fourth-order valence-electron chi connectivity index (χ4n) is 2.69. The molecule has 1 atom stereocenters. The second kappa shape index (κ2) is 6.19. The molecule has 2 rings (SSSR count). The number of rotatable bonds is 5. The van der Waals surface area contributed by atoms with E-state index in [4.69, 9.17) is 5.73 Å². The molecule has 106 valence electrons. The van der Waals surface area contributed by atoms with E-state index in [-0.39, 0.29) is 11.6 Å². The van der Waals surface area contributed by atoms with Gasteiger partial charge >= 0.3 is 0 Å². The molecule has 5 nitrogen and oxygen atoms in total. The molecular weight excluding hydrogens is 240 g/mol. The maximum atomic E-state index is 12.0. The van der Waals surface area contributed by atoms with Gasteiger partial charge in [0, 0.05) is 25.7 Å². The van der Waals surface area contributed by atoms with Gasteiger partial charge in [-0.1, -0.05) is 12.8 Å². The fourth-order valence-corrected chi connectivity index (χ4v) is 2.69. The van der Waals surface area contributed by atoms with E-state index in [0.717, 1.165) is 12.2 Å². The standard InChI is InChI=1S/C14H24N4O/c1-3-17(2)12-8-14(19)18(16-9-12)10-13(15)11-6-4-5-7-11/h8-9,11,13H,3-7,10,15H2,1-2H3. The van der Waals surface area contributed by atoms with Gasteiger partial charge < -0.3 is 10.6 Å². The summed E-state index contributed by atoms with van der Waals surface area (Å²) in [5.74, 6) is 0.548. The first-order valence-corrected chi connectivity index (χ1v) is 7.15. The van der Waals surface area contributed by atoms with E-state index in [9.17, 15) is 4.79 Å². The van der Waals surface area contributed by atoms with Gasteiger partial charge in [0.2, 0.25) is 0 Å². The van der Waals surface area contributed by atoms with E-state index < -0.39 is 0 Å². The van der Waals surface area contributed by atoms with Crippen LogP contribution in [0.15, 0.2) is 17.1 Å². The summed E-state index contributed by atoms with van der Waals surface area (Å²) in [6.07, 6.45) is 6.65. The molecule has 1 saturated carbocycles. The lowest BCUT2D eigenvalue weighted by atomic mass is 9.99. The van der Waals surface area contributed by atoms with Gasteiger partial charge in [0.15, 0.2) is 0 Å². The number of aromatic nitrogens is 2. The van der Waals surface area contributed by atoms with Crippen LogP contribution in [0.2, 0.25) is 0 Å². The minimum absolute atomic E-state index is 0.0439. The highest BCUT2D eigenvalue weighted by atomic mass is 16.1. The van der Waals surface area contributed by atoms with E-state index in [2.05, 4.69) is 5.10 Å². The largest absolute Gasteiger partial charge is 0.373 e. The Kier molecular flexibility index (Phi) is 4.58. The molecule has 19 heavy (non-hydrogen) atoms. The zero-order valence-electron chi connectivity index (χ0n) is 11.9. The molecule has 5 heteroatoms. The summed E-state index contributed by atoms with van der Waals surface area (Å²) in [6.45, 7) is 3.42. The molecule has 0 amide bonds. The third kappa shape index (κ3) is 3.35. The Bertz CT molecular complexity index is 465. The zero-order valence-corrected chi connectivity index (χ0v) is 11.9. The van der Waals surface area contributed by atoms with Crippen molar-refractivity contribution in [3.63, 3.8) is 0 Å². The van der Waals surface area contributed by atoms with Gasteiger partial charge in [0.1, 0.15) is 0 Å². The average molecular weight is 264 g/mol. The number of hydrogen-bond donors (Lipinski definition) is 1. The SMILES string of the molecule is CCN(C)c1cnn(CC(N)C2CCCC2)c(=O)c1. The summed E-state index contributed by atoms with van der Waals surface area (Å²) in [4.78, 5) is 14.0. The quantitative estimate of drug-likeness (QED) is 0.868. The van der Waals surface area contributed by atoms with Crippen molar-refractivity contribution in [3.8, 4) is 0 Å². The van der Waals surface area contributed by atoms with Gasteiger partial charge in [-0.15, -0.1) is 0 Å². The lowest BCUT2D eigenvalue weighted by Crippen LogP contribution is -2.38. The minimum atomic E-state index is -0.0637. The Hall–Kier alpha value is -1.36. The van der Waals surface area contributed by atoms with Gasteiger partial charge in [0.25, 0.3) is 5.56 Å². The number of anilines is 1. The van der Waals surface area contributed by atoms with Gasteiger partial charge in [-0.25, -0.2) is 4.68 Å². The monoisotopic (exact) mass is 264 g/mol. The first kappa shape index (κ1) is 14.1. The molecule has 1 fully saturated rings. The van der Waals surface area contributed by atoms with Crippen molar-refractivity contribution in [1.29, 1.82) is 0 Å². The molecule has 1 aliphatic rings. The summed E-state index contributed by atoms with van der Waals surface area (Å²) < 4.78 is 1.50. The smallest absolute Gasteiger partial charge is 0.268 e. The van der Waals surface area contributed by atoms with Crippen molar-refractivity contribution in [2.45, 2.75) is 45.2 Å². The molecule has 1 unspecified atom stereocenters. The normalized spacial score (nSPS) is 17.6. The molecule has 0 bridgehead atoms. The molecule has 1 aromatic rings. The van der Waals surface area contributed by atoms with Crippen molar-refractivity contribution < 1.29 is 0 Å². The summed E-state index contributed by atoms with van der Waals surface area (Å²) in [6, 6.07) is 1.68. The molecule has 0 saturated heterocycles. The van der Waals surface area contributed by atoms with Crippen LogP contribution >= 0.6 is 0 Å². The Morgan fingerprint density at radius 2 is 2.21 bits per heavy atom. The molecule has 1 heterocycles. The van der Waals surface area contributed by atoms with Crippen LogP contribution < -0.4 is 16.2 Å². The molecule has 0 spiro atoms. The highest BCUT2D eigenvalue weighted by Crippen LogP contribution is 2.27. The Labute approximate surface area is 114 Å². The molecule has 1 aliphatic carbocycles. The Morgan fingerprint density at radius 3 is 2.79 bits per heavy atom. The van der Waals surface area contributed by atoms with Gasteiger partial charge in [-0.2, -0.15) is 5.10 Å². The minimum Gasteiger partial charge on any atom is -0.373 e. The van der Waals surface area contributed by atoms with Crippen LogP contribution in [0.25, 0.3) is 0 Å². The maximum absolute atomic E-state index is 12.0. The summed E-state index contributed by atoms with van der Waals surface area (Å²) >= 11 is 0. The van der Waals surface area contributed by atoms with E-state index in [1.807, 2.05) is 18.9 Å². The van der Waals surface area contributed by atoms with Crippen LogP contribution in [0.3, 0.4) is 0 Å². The topological polar surface area (TPSA) is 64.2 Å². The number of nitrogens with zero attached hydrogens (tertiary/aromatic N) is 3. The van der Waals surface area contributed by atoms with Gasteiger partial charge in [-0.05, 0) is 25.7 Å². The van der Waals surface area contributed by atoms with E-state index in [0.29, 0.717) is 12.5 Å². The molecular formula is C14H24N4O. The van der Waals surface area contributed by atoms with E-state index >= 15 is 0 Å². The van der Waals surface area contributed by atoms with E-state index in [1.165, 1.54) is 30.4 Å². The lowest BCUT2D eigenvalue weighted by molar-refractivity contribution is 0.366. The second-order valence-corrected chi connectivity index (χ2v) is 5.46. The molecule has 0 aromatic carbocycles. The van der Waals surface area contributed by atoms with E-state index in [1.54, 1.807) is 12.3 Å². The van der Waals surface area contributed by atoms with Crippen molar-refractivity contribution in [3.05, 3.63) is 22.6 Å². The molecule has 2 N–H and O–H groups in total. The highest BCUT2D eigenvalue weighted by Gasteiger charge is 2.22. The summed E-state index contributed by atoms with van der Waals surface area (Å²) in [5.41, 5.74) is 6.99. The van der Waals surface area contributed by atoms with Crippen LogP contribution in [0.4, 0.5) is 5.69 Å². The van der Waals surface area contributed by atoms with Crippen LogP contribution in [-0.4, -0.2) is 29.4 Å². The van der Waals surface area contributed by atoms with Crippen molar-refractivity contribution >= 4 is 5.69 Å². The molecule has 0 radical (unpaired) electrons. The first-order valence-electron chi connectivity index (χ1n) is 7.15. The Morgan fingerprint density at radius 1 is 1.53 bits per heavy atom. The maximum Gasteiger partial charge on any atom is 0.268 e. The number of hydrogen-bond acceptors (Lipinski definition) is 4. The highest BCUT2D eigenvalue weighted by molar-refractivity contribution is 5.41. The van der Waals surface area contributed by atoms with Crippen molar-refractivity contribution in [2.24, 2.45) is 11.7 Å². The lowest BCUT2D eigenvalue weighted by Gasteiger charge is -2.20. The predicted octanol–water partition coefficient (Wildman–Crippen LogP) is 1.22. The molecule has 1 aromatic heterocycles. The van der Waals surface area contributed by atoms with Crippen LogP contribution in [0, 0.1) is 5.92 Å². The average Bonchev–Trinajstić information content (AvgIpc) is 2.94. The third-order valence-electron chi connectivity index (χ3n) is 4.16.